The van der Waals surface area contributed by atoms with Gasteiger partial charge in [0.1, 0.15) is 0 Å². The lowest BCUT2D eigenvalue weighted by Crippen LogP contribution is -2.46. The molecule has 1 aromatic heterocycles. The number of amidine groups is 2. The Hall–Kier alpha value is -5.90. The highest BCUT2D eigenvalue weighted by molar-refractivity contribution is 6.51. The molecule has 1 amide bonds. The normalized spacial score (nSPS) is 14.8. The van der Waals surface area contributed by atoms with Crippen molar-refractivity contribution in [2.24, 2.45) is 9.98 Å². The number of aryl methyl sites for hydroxylation is 1. The summed E-state index contributed by atoms with van der Waals surface area (Å²) in [7, 11) is 3.27. The molecule has 0 aliphatic carbocycles. The summed E-state index contributed by atoms with van der Waals surface area (Å²) in [6.07, 6.45) is 0. The Kier molecular flexibility index (Phi) is 7.01. The molecule has 224 valence electrons. The molecule has 0 bridgehead atoms. The maximum atomic E-state index is 11.6. The second kappa shape index (κ2) is 11.3. The number of methoxy groups -OCH3 is 2. The fraction of sp³-hybridized carbons (Fsp3) is 0.143. The number of hydrogen-bond acceptors (Lipinski definition) is 8. The van der Waals surface area contributed by atoms with E-state index in [1.54, 1.807) is 14.2 Å². The lowest BCUT2D eigenvalue weighted by Gasteiger charge is -2.40. The van der Waals surface area contributed by atoms with E-state index in [-0.39, 0.29) is 11.9 Å². The van der Waals surface area contributed by atoms with Crippen LogP contribution in [0.5, 0.6) is 11.5 Å². The summed E-state index contributed by atoms with van der Waals surface area (Å²) >= 11 is 0. The number of hydrogen-bond donors (Lipinski definition) is 2. The molecule has 10 nitrogen and oxygen atoms in total. The minimum Gasteiger partial charge on any atom is -0.493 e. The first-order valence-corrected chi connectivity index (χ1v) is 14.5. The van der Waals surface area contributed by atoms with Gasteiger partial charge in [0, 0.05) is 23.9 Å². The van der Waals surface area contributed by atoms with Crippen molar-refractivity contribution >= 4 is 46.1 Å². The Labute approximate surface area is 260 Å². The van der Waals surface area contributed by atoms with Crippen molar-refractivity contribution in [1.29, 1.82) is 0 Å². The monoisotopic (exact) mass is 597 g/mol. The zero-order chi connectivity index (χ0) is 31.1. The van der Waals surface area contributed by atoms with Gasteiger partial charge < -0.3 is 25.0 Å². The number of nitrogens with one attached hydrogen (secondary N) is 2. The molecule has 10 heteroatoms. The van der Waals surface area contributed by atoms with Crippen LogP contribution in [0.25, 0.3) is 5.69 Å². The molecule has 0 radical (unpaired) electrons. The molecule has 0 saturated heterocycles. The van der Waals surface area contributed by atoms with Crippen molar-refractivity contribution in [2.45, 2.75) is 19.9 Å². The van der Waals surface area contributed by atoms with E-state index >= 15 is 0 Å². The zero-order valence-electron chi connectivity index (χ0n) is 25.3. The van der Waals surface area contributed by atoms with E-state index in [1.165, 1.54) is 6.92 Å². The Morgan fingerprint density at radius 3 is 2.27 bits per heavy atom. The van der Waals surface area contributed by atoms with E-state index in [4.69, 9.17) is 24.6 Å². The Morgan fingerprint density at radius 1 is 0.822 bits per heavy atom. The summed E-state index contributed by atoms with van der Waals surface area (Å²) in [5.74, 6) is 3.09. The second-order valence-electron chi connectivity index (χ2n) is 10.7. The van der Waals surface area contributed by atoms with Crippen LogP contribution in [0.4, 0.5) is 28.6 Å². The van der Waals surface area contributed by atoms with Gasteiger partial charge in [-0.05, 0) is 73.2 Å². The number of aliphatic imine (C=N–C) groups is 2. The molecular weight excluding hydrogens is 566 g/mol. The number of amides is 1. The van der Waals surface area contributed by atoms with Crippen molar-refractivity contribution in [1.82, 2.24) is 9.78 Å². The van der Waals surface area contributed by atoms with Crippen LogP contribution in [0.2, 0.25) is 0 Å². The third-order valence-corrected chi connectivity index (χ3v) is 7.83. The SMILES string of the molecule is COc1ccc([C@@H]2c3c(C)nn(-c4ccccc4)c3N=C3C(Nc4ccc(NC(C)=O)cc4)=Nc4ccccc4N32)cc1OC. The number of ether oxygens (including phenoxy) is 2. The first-order valence-electron chi connectivity index (χ1n) is 14.5. The molecule has 2 aliphatic heterocycles. The van der Waals surface area contributed by atoms with E-state index in [2.05, 4.69) is 27.7 Å². The van der Waals surface area contributed by atoms with Crippen LogP contribution in [-0.4, -0.2) is 41.6 Å². The van der Waals surface area contributed by atoms with Gasteiger partial charge in [-0.2, -0.15) is 5.10 Å². The van der Waals surface area contributed by atoms with Gasteiger partial charge in [-0.3, -0.25) is 4.79 Å². The van der Waals surface area contributed by atoms with Gasteiger partial charge in [-0.1, -0.05) is 36.4 Å². The van der Waals surface area contributed by atoms with Crippen LogP contribution in [0.15, 0.2) is 107 Å². The van der Waals surface area contributed by atoms with Crippen LogP contribution in [0, 0.1) is 6.92 Å². The average molecular weight is 598 g/mol. The smallest absolute Gasteiger partial charge is 0.221 e. The van der Waals surface area contributed by atoms with Crippen LogP contribution in [0.3, 0.4) is 0 Å². The highest BCUT2D eigenvalue weighted by atomic mass is 16.5. The minimum atomic E-state index is -0.319. The number of para-hydroxylation sites is 3. The van der Waals surface area contributed by atoms with Crippen molar-refractivity contribution in [2.75, 3.05) is 29.8 Å². The fourth-order valence-corrected chi connectivity index (χ4v) is 5.86. The maximum absolute atomic E-state index is 11.6. The standard InChI is InChI=1S/C35H31N7O3/c1-21-31-32(23-14-19-29(44-3)30(20-23)45-4)41-28-13-9-8-12-27(28)38-33(37-25-17-15-24(16-18-25)36-22(2)43)35(41)39-34(31)42(40-21)26-10-6-5-7-11-26/h5-20,32H,1-4H3,(H,36,43)(H,37,38)/t32-/m1/s1. The van der Waals surface area contributed by atoms with Gasteiger partial charge >= 0.3 is 0 Å². The molecule has 0 saturated carbocycles. The van der Waals surface area contributed by atoms with Gasteiger partial charge in [0.25, 0.3) is 0 Å². The van der Waals surface area contributed by atoms with Crippen LogP contribution < -0.4 is 25.0 Å². The molecule has 3 heterocycles. The number of carbonyl (C=O) groups is 1. The van der Waals surface area contributed by atoms with E-state index in [9.17, 15) is 4.79 Å². The van der Waals surface area contributed by atoms with Crippen molar-refractivity contribution in [3.8, 4) is 17.2 Å². The van der Waals surface area contributed by atoms with Crippen LogP contribution in [0.1, 0.15) is 29.8 Å². The van der Waals surface area contributed by atoms with Gasteiger partial charge in [-0.15, -0.1) is 0 Å². The van der Waals surface area contributed by atoms with Gasteiger partial charge in [0.15, 0.2) is 29.0 Å². The quantitative estimate of drug-likeness (QED) is 0.219. The fourth-order valence-electron chi connectivity index (χ4n) is 5.86. The highest BCUT2D eigenvalue weighted by Gasteiger charge is 2.41. The zero-order valence-corrected chi connectivity index (χ0v) is 25.3. The molecule has 5 aromatic rings. The van der Waals surface area contributed by atoms with Crippen molar-refractivity contribution in [3.63, 3.8) is 0 Å². The number of anilines is 3. The Bertz CT molecular complexity index is 1980. The first kappa shape index (κ1) is 27.9. The summed E-state index contributed by atoms with van der Waals surface area (Å²) in [6.45, 7) is 3.51. The van der Waals surface area contributed by atoms with Crippen LogP contribution in [-0.2, 0) is 4.79 Å². The minimum absolute atomic E-state index is 0.126. The molecule has 2 N–H and O–H groups in total. The Morgan fingerprint density at radius 2 is 1.53 bits per heavy atom. The number of nitrogens with zero attached hydrogens (tertiary/aromatic N) is 5. The van der Waals surface area contributed by atoms with Crippen LogP contribution >= 0.6 is 0 Å². The molecule has 1 atom stereocenters. The molecule has 45 heavy (non-hydrogen) atoms. The predicted octanol–water partition coefficient (Wildman–Crippen LogP) is 6.95. The Balaban J connectivity index is 1.44. The molecule has 2 aliphatic rings. The van der Waals surface area contributed by atoms with Crippen molar-refractivity contribution in [3.05, 3.63) is 114 Å². The van der Waals surface area contributed by atoms with E-state index in [0.29, 0.717) is 28.9 Å². The summed E-state index contributed by atoms with van der Waals surface area (Å²) < 4.78 is 13.2. The number of fused-ring (bicyclic) bond motifs is 4. The van der Waals surface area contributed by atoms with E-state index in [1.807, 2.05) is 96.5 Å². The number of carbonyl (C=O) groups excluding carboxylic acids is 1. The number of aromatic nitrogens is 2. The van der Waals surface area contributed by atoms with E-state index in [0.717, 1.165) is 45.4 Å². The molecule has 7 rings (SSSR count). The summed E-state index contributed by atoms with van der Waals surface area (Å²) in [4.78, 5) is 24.1. The lowest BCUT2D eigenvalue weighted by atomic mass is 9.93. The lowest BCUT2D eigenvalue weighted by molar-refractivity contribution is -0.114. The summed E-state index contributed by atoms with van der Waals surface area (Å²) in [5.41, 5.74) is 6.95. The molecule has 0 unspecified atom stereocenters. The largest absolute Gasteiger partial charge is 0.493 e. The maximum Gasteiger partial charge on any atom is 0.221 e. The third kappa shape index (κ3) is 4.96. The second-order valence-corrected chi connectivity index (χ2v) is 10.7. The molecule has 0 fully saturated rings. The molecule has 0 spiro atoms. The average Bonchev–Trinajstić information content (AvgIpc) is 3.40. The highest BCUT2D eigenvalue weighted by Crippen LogP contribution is 2.49. The van der Waals surface area contributed by atoms with Gasteiger partial charge in [-0.25, -0.2) is 14.7 Å². The first-order chi connectivity index (χ1) is 21.9. The molecular formula is C35H31N7O3. The van der Waals surface area contributed by atoms with E-state index < -0.39 is 0 Å². The summed E-state index contributed by atoms with van der Waals surface area (Å²) in [5, 5.41) is 11.3. The van der Waals surface area contributed by atoms with Gasteiger partial charge in [0.2, 0.25) is 5.91 Å². The number of rotatable bonds is 6. The molecule has 4 aromatic carbocycles. The third-order valence-electron chi connectivity index (χ3n) is 7.83. The topological polar surface area (TPSA) is 105 Å². The van der Waals surface area contributed by atoms with Crippen molar-refractivity contribution < 1.29 is 14.3 Å². The number of benzene rings is 4. The predicted molar refractivity (Wildman–Crippen MR) is 177 cm³/mol. The summed E-state index contributed by atoms with van der Waals surface area (Å²) in [6, 6.07) is 31.2. The van der Waals surface area contributed by atoms with Gasteiger partial charge in [0.05, 0.1) is 43.0 Å².